The van der Waals surface area contributed by atoms with Crippen LogP contribution in [0.3, 0.4) is 0 Å². The fourth-order valence-corrected chi connectivity index (χ4v) is 2.73. The van der Waals surface area contributed by atoms with E-state index in [0.717, 1.165) is 18.4 Å². The fraction of sp³-hybridized carbons (Fsp3) is 0.375. The zero-order valence-corrected chi connectivity index (χ0v) is 10.9. The number of benzene rings is 1. The molecule has 95 valence electrons. The number of hydrogen-bond donors (Lipinski definition) is 2. The lowest BCUT2D eigenvalue weighted by molar-refractivity contribution is 0.407. The summed E-state index contributed by atoms with van der Waals surface area (Å²) in [5.41, 5.74) is 2.99. The van der Waals surface area contributed by atoms with Crippen molar-refractivity contribution in [2.24, 2.45) is 5.92 Å². The predicted molar refractivity (Wildman–Crippen MR) is 72.6 cm³/mol. The van der Waals surface area contributed by atoms with Crippen LogP contribution in [-0.2, 0) is 0 Å². The van der Waals surface area contributed by atoms with Gasteiger partial charge in [-0.05, 0) is 50.8 Å². The Kier molecular flexibility index (Phi) is 3.46. The number of phenols is 2. The highest BCUT2D eigenvalue weighted by Gasteiger charge is 2.29. The van der Waals surface area contributed by atoms with Gasteiger partial charge in [-0.3, -0.25) is 0 Å². The largest absolute Gasteiger partial charge is 0.507 e. The molecule has 0 aromatic heterocycles. The molecule has 0 aliphatic heterocycles. The quantitative estimate of drug-likeness (QED) is 0.773. The van der Waals surface area contributed by atoms with Gasteiger partial charge in [0.1, 0.15) is 11.5 Å². The molecule has 2 rings (SSSR count). The van der Waals surface area contributed by atoms with Gasteiger partial charge in [0, 0.05) is 11.5 Å². The van der Waals surface area contributed by atoms with Crippen LogP contribution >= 0.6 is 0 Å². The van der Waals surface area contributed by atoms with Gasteiger partial charge in [-0.25, -0.2) is 0 Å². The van der Waals surface area contributed by atoms with Gasteiger partial charge in [-0.2, -0.15) is 0 Å². The van der Waals surface area contributed by atoms with E-state index in [1.807, 2.05) is 6.92 Å². The second-order valence-electron chi connectivity index (χ2n) is 5.17. The predicted octanol–water partition coefficient (Wildman–Crippen LogP) is 3.91. The Morgan fingerprint density at radius 1 is 1.33 bits per heavy atom. The van der Waals surface area contributed by atoms with Crippen LogP contribution in [0.25, 0.3) is 0 Å². The highest BCUT2D eigenvalue weighted by molar-refractivity contribution is 5.48. The Morgan fingerprint density at radius 2 is 1.94 bits per heavy atom. The molecule has 0 spiro atoms. The Morgan fingerprint density at radius 3 is 2.50 bits per heavy atom. The van der Waals surface area contributed by atoms with Crippen molar-refractivity contribution in [1.82, 2.24) is 0 Å². The average Bonchev–Trinajstić information content (AvgIpc) is 2.28. The van der Waals surface area contributed by atoms with E-state index < -0.39 is 0 Å². The summed E-state index contributed by atoms with van der Waals surface area (Å²) in [4.78, 5) is 0. The van der Waals surface area contributed by atoms with E-state index in [1.54, 1.807) is 0 Å². The van der Waals surface area contributed by atoms with Gasteiger partial charge in [0.15, 0.2) is 0 Å². The van der Waals surface area contributed by atoms with E-state index in [4.69, 9.17) is 0 Å². The number of phenolic OH excluding ortho intramolecular Hbond substituents is 2. The molecule has 18 heavy (non-hydrogen) atoms. The minimum atomic E-state index is 0.00542. The molecular weight excluding hydrogens is 224 g/mol. The van der Waals surface area contributed by atoms with Crippen molar-refractivity contribution in [1.29, 1.82) is 0 Å². The first kappa shape index (κ1) is 12.7. The van der Waals surface area contributed by atoms with Crippen LogP contribution in [0.5, 0.6) is 11.5 Å². The molecule has 1 radical (unpaired) electrons. The summed E-state index contributed by atoms with van der Waals surface area (Å²) in [5, 5.41) is 20.0. The Balaban J connectivity index is 2.51. The van der Waals surface area contributed by atoms with Crippen molar-refractivity contribution >= 4 is 0 Å². The average molecular weight is 243 g/mol. The molecular formula is C16H19O2. The van der Waals surface area contributed by atoms with E-state index >= 15 is 0 Å². The molecule has 2 atom stereocenters. The topological polar surface area (TPSA) is 40.5 Å². The molecule has 2 N–H and O–H groups in total. The van der Waals surface area contributed by atoms with Gasteiger partial charge in [-0.1, -0.05) is 23.8 Å². The summed E-state index contributed by atoms with van der Waals surface area (Å²) in [6.07, 6.45) is 4.20. The lowest BCUT2D eigenvalue weighted by atomic mass is 9.74. The van der Waals surface area contributed by atoms with Gasteiger partial charge in [0.25, 0.3) is 0 Å². The number of hydrogen-bond acceptors (Lipinski definition) is 2. The van der Waals surface area contributed by atoms with Gasteiger partial charge in [-0.15, -0.1) is 0 Å². The van der Waals surface area contributed by atoms with Crippen LogP contribution in [0.15, 0.2) is 35.9 Å². The lowest BCUT2D eigenvalue weighted by Crippen LogP contribution is -2.17. The molecule has 0 amide bonds. The SMILES string of the molecule is C=C(C)[C@@H]1CCC(C)=C[C@H]1c1c(O)c[c]cc1O. The maximum Gasteiger partial charge on any atom is 0.123 e. The smallest absolute Gasteiger partial charge is 0.123 e. The van der Waals surface area contributed by atoms with Crippen LogP contribution in [0.2, 0.25) is 0 Å². The van der Waals surface area contributed by atoms with E-state index in [-0.39, 0.29) is 23.3 Å². The summed E-state index contributed by atoms with van der Waals surface area (Å²) < 4.78 is 0. The molecule has 1 aliphatic rings. The molecule has 2 nitrogen and oxygen atoms in total. The van der Waals surface area contributed by atoms with E-state index in [9.17, 15) is 10.2 Å². The number of allylic oxidation sites excluding steroid dienone is 3. The minimum Gasteiger partial charge on any atom is -0.507 e. The molecule has 1 aromatic rings. The lowest BCUT2D eigenvalue weighted by Gasteiger charge is -2.31. The highest BCUT2D eigenvalue weighted by atomic mass is 16.3. The summed E-state index contributed by atoms with van der Waals surface area (Å²) in [7, 11) is 0. The first-order chi connectivity index (χ1) is 8.50. The summed E-state index contributed by atoms with van der Waals surface area (Å²) in [5.74, 6) is 0.494. The van der Waals surface area contributed by atoms with Crippen LogP contribution in [0.1, 0.15) is 38.2 Å². The summed E-state index contributed by atoms with van der Waals surface area (Å²) in [6.45, 7) is 8.14. The molecule has 0 saturated carbocycles. The van der Waals surface area contributed by atoms with Gasteiger partial charge in [0.05, 0.1) is 0 Å². The van der Waals surface area contributed by atoms with Gasteiger partial charge >= 0.3 is 0 Å². The zero-order valence-electron chi connectivity index (χ0n) is 10.9. The van der Waals surface area contributed by atoms with Crippen LogP contribution < -0.4 is 0 Å². The Hall–Kier alpha value is -1.70. The zero-order chi connectivity index (χ0) is 13.3. The van der Waals surface area contributed by atoms with Crippen molar-refractivity contribution in [2.45, 2.75) is 32.6 Å². The van der Waals surface area contributed by atoms with Gasteiger partial charge < -0.3 is 10.2 Å². The maximum absolute atomic E-state index is 9.98. The minimum absolute atomic E-state index is 0.00542. The molecule has 0 unspecified atom stereocenters. The van der Waals surface area contributed by atoms with Crippen LogP contribution in [0, 0.1) is 12.0 Å². The fourth-order valence-electron chi connectivity index (χ4n) is 2.73. The molecule has 0 heterocycles. The van der Waals surface area contributed by atoms with Crippen molar-refractivity contribution in [3.05, 3.63) is 47.6 Å². The van der Waals surface area contributed by atoms with Crippen molar-refractivity contribution in [3.63, 3.8) is 0 Å². The first-order valence-electron chi connectivity index (χ1n) is 6.25. The van der Waals surface area contributed by atoms with Gasteiger partial charge in [0.2, 0.25) is 0 Å². The third kappa shape index (κ3) is 2.28. The van der Waals surface area contributed by atoms with E-state index in [0.29, 0.717) is 5.56 Å². The summed E-state index contributed by atoms with van der Waals surface area (Å²) >= 11 is 0. The monoisotopic (exact) mass is 243 g/mol. The summed E-state index contributed by atoms with van der Waals surface area (Å²) in [6, 6.07) is 5.73. The number of aromatic hydroxyl groups is 2. The standard InChI is InChI=1S/C16H19O2/c1-10(2)12-8-7-11(3)9-13(12)16-14(17)5-4-6-15(16)18/h5-6,9,12-13,17-18H,1,7-8H2,2-3H3/t12-,13+/m0/s1. The van der Waals surface area contributed by atoms with Crippen LogP contribution in [0.4, 0.5) is 0 Å². The van der Waals surface area contributed by atoms with E-state index in [2.05, 4.69) is 25.6 Å². The second kappa shape index (κ2) is 4.89. The molecule has 0 bridgehead atoms. The van der Waals surface area contributed by atoms with Crippen molar-refractivity contribution in [2.75, 3.05) is 0 Å². The van der Waals surface area contributed by atoms with Crippen LogP contribution in [-0.4, -0.2) is 10.2 Å². The molecule has 0 fully saturated rings. The second-order valence-corrected chi connectivity index (χ2v) is 5.17. The maximum atomic E-state index is 9.98. The first-order valence-corrected chi connectivity index (χ1v) is 6.25. The Bertz CT molecular complexity index is 480. The molecule has 1 aromatic carbocycles. The Labute approximate surface area is 108 Å². The van der Waals surface area contributed by atoms with Crippen molar-refractivity contribution in [3.8, 4) is 11.5 Å². The third-order valence-electron chi connectivity index (χ3n) is 3.71. The highest BCUT2D eigenvalue weighted by Crippen LogP contribution is 2.45. The van der Waals surface area contributed by atoms with E-state index in [1.165, 1.54) is 17.7 Å². The molecule has 1 aliphatic carbocycles. The normalized spacial score (nSPS) is 23.6. The molecule has 0 saturated heterocycles. The van der Waals surface area contributed by atoms with Crippen molar-refractivity contribution < 1.29 is 10.2 Å². The number of rotatable bonds is 2. The molecule has 2 heteroatoms. The third-order valence-corrected chi connectivity index (χ3v) is 3.71.